The van der Waals surface area contributed by atoms with Gasteiger partial charge in [0.15, 0.2) is 11.5 Å². The molecular weight excluding hydrogens is 302 g/mol. The lowest BCUT2D eigenvalue weighted by atomic mass is 10.1. The number of allylic oxidation sites excluding steroid dienone is 3. The molecule has 0 amide bonds. The van der Waals surface area contributed by atoms with Gasteiger partial charge in [0.25, 0.3) is 0 Å². The average molecular weight is 319 g/mol. The van der Waals surface area contributed by atoms with Crippen LogP contribution in [0.2, 0.25) is 0 Å². The number of hydrogen-bond donors (Lipinski definition) is 1. The van der Waals surface area contributed by atoms with Crippen LogP contribution in [-0.4, -0.2) is 29.1 Å². The van der Waals surface area contributed by atoms with E-state index in [0.717, 1.165) is 16.9 Å². The Morgan fingerprint density at radius 1 is 1.42 bits per heavy atom. The van der Waals surface area contributed by atoms with Crippen molar-refractivity contribution in [1.82, 2.24) is 10.3 Å². The molecule has 0 spiro atoms. The summed E-state index contributed by atoms with van der Waals surface area (Å²) in [7, 11) is 0. The second-order valence-corrected chi connectivity index (χ2v) is 5.26. The number of para-hydroxylation sites is 2. The maximum absolute atomic E-state index is 5.81. The maximum Gasteiger partial charge on any atom is 0.197 e. The fourth-order valence-corrected chi connectivity index (χ4v) is 2.50. The van der Waals surface area contributed by atoms with Gasteiger partial charge in [-0.15, -0.1) is 6.42 Å². The summed E-state index contributed by atoms with van der Waals surface area (Å²) in [6.07, 6.45) is 11.4. The van der Waals surface area contributed by atoms with Gasteiger partial charge in [-0.05, 0) is 35.4 Å². The number of nitrogens with zero attached hydrogens (tertiary/aromatic N) is 4. The highest BCUT2D eigenvalue weighted by atomic mass is 16.6. The third-order valence-electron chi connectivity index (χ3n) is 3.64. The SMILES string of the molecule is C#C/C(=C\C=C/C)CN1CC(c2nonc2N)=Nc2ccccc21. The highest BCUT2D eigenvalue weighted by Crippen LogP contribution is 2.33. The molecule has 0 bridgehead atoms. The molecule has 24 heavy (non-hydrogen) atoms. The number of rotatable bonds is 4. The zero-order chi connectivity index (χ0) is 16.9. The Morgan fingerprint density at radius 2 is 2.25 bits per heavy atom. The lowest BCUT2D eigenvalue weighted by molar-refractivity contribution is 0.308. The molecule has 2 aromatic rings. The van der Waals surface area contributed by atoms with Crippen molar-refractivity contribution in [2.45, 2.75) is 6.92 Å². The molecule has 6 heteroatoms. The number of benzene rings is 1. The standard InChI is InChI=1S/C18H17N5O/c1-3-5-8-13(4-2)11-23-12-15(17-18(19)22-24-21-17)20-14-9-6-7-10-16(14)23/h2-3,5-10H,11-12H2,1H3,(H2,19,22)/b5-3-,13-8+. The topological polar surface area (TPSA) is 80.5 Å². The van der Waals surface area contributed by atoms with E-state index in [-0.39, 0.29) is 5.82 Å². The number of nitrogens with two attached hydrogens (primary N) is 1. The maximum atomic E-state index is 5.81. The van der Waals surface area contributed by atoms with Gasteiger partial charge in [-0.25, -0.2) is 9.62 Å². The van der Waals surface area contributed by atoms with Crippen LogP contribution >= 0.6 is 0 Å². The van der Waals surface area contributed by atoms with Crippen LogP contribution in [0, 0.1) is 12.3 Å². The first-order chi connectivity index (χ1) is 11.7. The fourth-order valence-electron chi connectivity index (χ4n) is 2.50. The van der Waals surface area contributed by atoms with Crippen molar-refractivity contribution in [1.29, 1.82) is 0 Å². The quantitative estimate of drug-likeness (QED) is 0.692. The predicted molar refractivity (Wildman–Crippen MR) is 95.3 cm³/mol. The van der Waals surface area contributed by atoms with Gasteiger partial charge in [0, 0.05) is 5.57 Å². The Bertz CT molecular complexity index is 870. The highest BCUT2D eigenvalue weighted by Gasteiger charge is 2.24. The highest BCUT2D eigenvalue weighted by molar-refractivity contribution is 6.08. The van der Waals surface area contributed by atoms with Crippen molar-refractivity contribution in [2.24, 2.45) is 4.99 Å². The van der Waals surface area contributed by atoms with Gasteiger partial charge in [-0.3, -0.25) is 0 Å². The lowest BCUT2D eigenvalue weighted by Crippen LogP contribution is -2.34. The molecule has 2 N–H and O–H groups in total. The minimum atomic E-state index is 0.231. The van der Waals surface area contributed by atoms with Crippen LogP contribution in [-0.2, 0) is 0 Å². The summed E-state index contributed by atoms with van der Waals surface area (Å²) in [5.74, 6) is 2.96. The van der Waals surface area contributed by atoms with Crippen LogP contribution in [0.15, 0.2) is 57.7 Å². The Labute approximate surface area is 140 Å². The van der Waals surface area contributed by atoms with E-state index in [4.69, 9.17) is 16.8 Å². The number of hydrogen-bond acceptors (Lipinski definition) is 6. The number of aromatic nitrogens is 2. The Kier molecular flexibility index (Phi) is 4.43. The van der Waals surface area contributed by atoms with E-state index in [1.165, 1.54) is 0 Å². The van der Waals surface area contributed by atoms with Crippen LogP contribution < -0.4 is 10.6 Å². The van der Waals surface area contributed by atoms with Crippen LogP contribution in [0.5, 0.6) is 0 Å². The monoisotopic (exact) mass is 319 g/mol. The number of nitrogen functional groups attached to an aromatic ring is 1. The van der Waals surface area contributed by atoms with Crippen molar-refractivity contribution < 1.29 is 4.63 Å². The van der Waals surface area contributed by atoms with Crippen LogP contribution in [0.25, 0.3) is 0 Å². The first-order valence-electron chi connectivity index (χ1n) is 7.51. The largest absolute Gasteiger partial charge is 0.379 e. The first-order valence-corrected chi connectivity index (χ1v) is 7.51. The molecular formula is C18H17N5O. The van der Waals surface area contributed by atoms with Gasteiger partial charge in [0.1, 0.15) is 0 Å². The second-order valence-electron chi connectivity index (χ2n) is 5.26. The Hall–Kier alpha value is -3.33. The number of fused-ring (bicyclic) bond motifs is 1. The smallest absolute Gasteiger partial charge is 0.197 e. The molecule has 0 radical (unpaired) electrons. The average Bonchev–Trinajstić information content (AvgIpc) is 3.04. The van der Waals surface area contributed by atoms with Crippen molar-refractivity contribution >= 4 is 22.9 Å². The van der Waals surface area contributed by atoms with E-state index in [1.807, 2.05) is 49.4 Å². The van der Waals surface area contributed by atoms with Gasteiger partial charge in [-0.1, -0.05) is 30.2 Å². The number of terminal acetylenes is 1. The first kappa shape index (κ1) is 15.6. The molecule has 1 aliphatic heterocycles. The zero-order valence-corrected chi connectivity index (χ0v) is 13.3. The summed E-state index contributed by atoms with van der Waals surface area (Å²) < 4.78 is 4.70. The molecule has 6 nitrogen and oxygen atoms in total. The minimum absolute atomic E-state index is 0.231. The third kappa shape index (κ3) is 3.06. The van der Waals surface area contributed by atoms with Crippen molar-refractivity contribution in [2.75, 3.05) is 23.7 Å². The summed E-state index contributed by atoms with van der Waals surface area (Å²) in [6.45, 7) is 3.05. The summed E-state index contributed by atoms with van der Waals surface area (Å²) in [5, 5.41) is 7.49. The van der Waals surface area contributed by atoms with E-state index in [1.54, 1.807) is 0 Å². The molecule has 0 saturated carbocycles. The zero-order valence-electron chi connectivity index (χ0n) is 13.3. The summed E-state index contributed by atoms with van der Waals surface area (Å²) in [6, 6.07) is 7.87. The normalized spacial score (nSPS) is 14.4. The lowest BCUT2D eigenvalue weighted by Gasteiger charge is -2.29. The summed E-state index contributed by atoms with van der Waals surface area (Å²) in [5.41, 5.74) is 9.70. The van der Waals surface area contributed by atoms with Crippen molar-refractivity contribution in [3.8, 4) is 12.3 Å². The summed E-state index contributed by atoms with van der Waals surface area (Å²) >= 11 is 0. The van der Waals surface area contributed by atoms with Gasteiger partial charge in [-0.2, -0.15) is 0 Å². The number of anilines is 2. The number of aliphatic imine (C=N–C) groups is 1. The van der Waals surface area contributed by atoms with Crippen molar-refractivity contribution in [3.05, 3.63) is 53.8 Å². The molecule has 3 rings (SSSR count). The molecule has 0 saturated heterocycles. The van der Waals surface area contributed by atoms with Gasteiger partial charge >= 0.3 is 0 Å². The Balaban J connectivity index is 1.98. The van der Waals surface area contributed by atoms with Crippen LogP contribution in [0.1, 0.15) is 12.6 Å². The fraction of sp³-hybridized carbons (Fsp3) is 0.167. The third-order valence-corrected chi connectivity index (χ3v) is 3.64. The van der Waals surface area contributed by atoms with Gasteiger partial charge in [0.2, 0.25) is 0 Å². The molecule has 0 aliphatic carbocycles. The van der Waals surface area contributed by atoms with E-state index >= 15 is 0 Å². The van der Waals surface area contributed by atoms with E-state index in [0.29, 0.717) is 24.5 Å². The molecule has 1 aromatic carbocycles. The van der Waals surface area contributed by atoms with Gasteiger partial charge in [0.05, 0.1) is 30.2 Å². The molecule has 0 unspecified atom stereocenters. The molecule has 120 valence electrons. The molecule has 0 fully saturated rings. The summed E-state index contributed by atoms with van der Waals surface area (Å²) in [4.78, 5) is 6.78. The van der Waals surface area contributed by atoms with E-state index in [9.17, 15) is 0 Å². The molecule has 1 aliphatic rings. The van der Waals surface area contributed by atoms with Crippen LogP contribution in [0.3, 0.4) is 0 Å². The molecule has 2 heterocycles. The second kappa shape index (κ2) is 6.84. The molecule has 1 aromatic heterocycles. The minimum Gasteiger partial charge on any atom is -0.379 e. The van der Waals surface area contributed by atoms with Crippen LogP contribution in [0.4, 0.5) is 17.2 Å². The van der Waals surface area contributed by atoms with E-state index in [2.05, 4.69) is 26.1 Å². The van der Waals surface area contributed by atoms with Crippen molar-refractivity contribution in [3.63, 3.8) is 0 Å². The molecule has 0 atom stereocenters. The Morgan fingerprint density at radius 3 is 2.96 bits per heavy atom. The predicted octanol–water partition coefficient (Wildman–Crippen LogP) is 2.73. The van der Waals surface area contributed by atoms with E-state index < -0.39 is 0 Å². The van der Waals surface area contributed by atoms with Gasteiger partial charge < -0.3 is 10.6 Å².